The summed E-state index contributed by atoms with van der Waals surface area (Å²) < 4.78 is 0. The third-order valence-electron chi connectivity index (χ3n) is 13.5. The van der Waals surface area contributed by atoms with E-state index in [4.69, 9.17) is 23.7 Å². The Morgan fingerprint density at radius 3 is 1.73 bits per heavy atom. The number of nitrogens with one attached hydrogen (secondary N) is 6. The van der Waals surface area contributed by atoms with Crippen LogP contribution in [0.3, 0.4) is 0 Å². The van der Waals surface area contributed by atoms with Crippen molar-refractivity contribution in [2.45, 2.75) is 101 Å². The number of amides is 5. The molecule has 0 spiro atoms. The predicted octanol–water partition coefficient (Wildman–Crippen LogP) is -8.59. The standard InChI is InChI=1S/C51H80N14O18S.Gd/c1-30(2)23-34(44(76)60-36(29-66)46(78)58-33(48(80)81)5-3-13-54-50(52)53)59-45(77)35(24-40(68)69)57-39(67)25-55-47(79)37-6-4-14-65(37)51(84)56-32-10-7-31(8-11-32)9-12-38(49(82)83)64-21-19-62(27-42(72)73)17-15-61(26-41(70)71)16-18-63(20-22-64)28-43(74)75;/h7-8,10-11,30,33-38,66H,3-6,9,12-29H2,1-2H3,(H,55,79)(H,56,84)(H,57,67)(H,58,78)(H,59,77)(H,60,76)(H,68,69)(H,70,71)(H,72,73)(H,74,75)(H,80,81)(H,82,83)(H4,52,53,54);/q;+3/p-3/t33-,34-,35-,36-,37-,38?;/m0./s1. The van der Waals surface area contributed by atoms with Crippen LogP contribution in [0.4, 0.5) is 5.69 Å². The molecule has 85 heavy (non-hydrogen) atoms. The third-order valence-corrected chi connectivity index (χ3v) is 13.9. The van der Waals surface area contributed by atoms with Crippen LogP contribution in [0.25, 0.3) is 0 Å². The molecule has 473 valence electrons. The van der Waals surface area contributed by atoms with Crippen LogP contribution in [-0.4, -0.2) is 256 Å². The van der Waals surface area contributed by atoms with Crippen LogP contribution in [0.1, 0.15) is 64.4 Å². The van der Waals surface area contributed by atoms with Gasteiger partial charge in [0.1, 0.15) is 30.2 Å². The fraction of sp³-hybridized carbons (Fsp3) is 0.627. The van der Waals surface area contributed by atoms with E-state index in [0.29, 0.717) is 30.6 Å². The number of likely N-dealkylation sites (tertiary alicyclic amines) is 1. The van der Waals surface area contributed by atoms with Gasteiger partial charge in [-0.2, -0.15) is 0 Å². The van der Waals surface area contributed by atoms with Gasteiger partial charge in [-0.15, -0.1) is 0 Å². The van der Waals surface area contributed by atoms with Gasteiger partial charge in [0.25, 0.3) is 0 Å². The smallest absolute Gasteiger partial charge is 0.549 e. The van der Waals surface area contributed by atoms with Crippen molar-refractivity contribution in [3.05, 3.63) is 29.8 Å². The van der Waals surface area contributed by atoms with E-state index in [1.54, 1.807) is 52.8 Å². The van der Waals surface area contributed by atoms with Crippen molar-refractivity contribution in [2.24, 2.45) is 22.4 Å². The SMILES string of the molecule is CC(C)C[C@H](NC(=O)[C@H](CC(=O)O)NC(=O)CNC(=O)[C@@H]1CCCN1C(=S)Nc1ccc(CCC(C(=O)[O-])N2CCN(CC(=O)[O-])CCN(CC(=O)[O-])CCN(CC(=O)O)CC2)cc1)C(=O)N[C@@H](CO)C(=O)N[C@@H](CCCN=C(N)N)C(=O)O.[Gd+3]. The fourth-order valence-electron chi connectivity index (χ4n) is 9.27. The van der Waals surface area contributed by atoms with Crippen molar-refractivity contribution in [3.63, 3.8) is 0 Å². The van der Waals surface area contributed by atoms with Crippen LogP contribution in [0, 0.1) is 45.9 Å². The Bertz CT molecular complexity index is 2460. The van der Waals surface area contributed by atoms with E-state index in [0.717, 1.165) is 0 Å². The Balaban J connectivity index is 0.0000247. The number of nitrogens with two attached hydrogens (primary N) is 2. The van der Waals surface area contributed by atoms with E-state index >= 15 is 0 Å². The maximum Gasteiger partial charge on any atom is 3.00 e. The summed E-state index contributed by atoms with van der Waals surface area (Å²) in [6.07, 6.45) is 0.133. The molecule has 3 rings (SSSR count). The molecular formula is C51H77GdN14O18S. The zero-order valence-corrected chi connectivity index (χ0v) is 50.3. The van der Waals surface area contributed by atoms with Crippen LogP contribution in [-0.2, 0) is 59.2 Å². The summed E-state index contributed by atoms with van der Waals surface area (Å²) in [5.41, 5.74) is 11.8. The summed E-state index contributed by atoms with van der Waals surface area (Å²) in [4.78, 5) is 149. The number of benzene rings is 1. The van der Waals surface area contributed by atoms with Gasteiger partial charge in [-0.25, -0.2) is 4.79 Å². The average molecular weight is 1360 g/mol. The number of hydrogen-bond acceptors (Lipinski definition) is 21. The van der Waals surface area contributed by atoms with Crippen molar-refractivity contribution in [1.82, 2.24) is 51.1 Å². The number of thiocarbonyl (C=S) groups is 1. The molecule has 1 radical (unpaired) electrons. The molecule has 2 aliphatic heterocycles. The topological polar surface area (TPSA) is 491 Å². The van der Waals surface area contributed by atoms with Gasteiger partial charge in [0.2, 0.25) is 29.5 Å². The maximum absolute atomic E-state index is 13.5. The van der Waals surface area contributed by atoms with E-state index in [-0.39, 0.29) is 148 Å². The van der Waals surface area contributed by atoms with Gasteiger partial charge >= 0.3 is 57.8 Å². The molecule has 0 bridgehead atoms. The van der Waals surface area contributed by atoms with E-state index in [2.05, 4.69) is 36.9 Å². The number of nitrogens with zero attached hydrogens (tertiary/aromatic N) is 6. The number of hydrogen-bond donors (Lipinski definition) is 12. The Morgan fingerprint density at radius 1 is 0.694 bits per heavy atom. The Hall–Kier alpha value is -6.53. The second-order valence-corrected chi connectivity index (χ2v) is 21.0. The summed E-state index contributed by atoms with van der Waals surface area (Å²) in [5, 5.41) is 89.3. The minimum atomic E-state index is -1.77. The minimum absolute atomic E-state index is 0. The summed E-state index contributed by atoms with van der Waals surface area (Å²) in [6, 6.07) is -1.59. The number of carboxylic acid groups (broad SMARTS) is 6. The molecule has 1 aromatic rings. The zero-order chi connectivity index (χ0) is 62.6. The van der Waals surface area contributed by atoms with Crippen LogP contribution in [0.5, 0.6) is 0 Å². The fourth-order valence-corrected chi connectivity index (χ4v) is 9.61. The quantitative estimate of drug-likeness (QED) is 0.0138. The largest absolute Gasteiger partial charge is 3.00 e. The molecule has 32 nitrogen and oxygen atoms in total. The molecule has 2 saturated heterocycles. The number of anilines is 1. The molecule has 34 heteroatoms. The first kappa shape index (κ1) is 74.6. The van der Waals surface area contributed by atoms with Crippen molar-refractivity contribution in [3.8, 4) is 0 Å². The van der Waals surface area contributed by atoms with Crippen LogP contribution in [0.2, 0.25) is 0 Å². The molecule has 0 saturated carbocycles. The Labute approximate surface area is 527 Å². The molecule has 0 aliphatic carbocycles. The molecule has 1 aromatic carbocycles. The monoisotopic (exact) mass is 1360 g/mol. The molecule has 14 N–H and O–H groups in total. The number of aliphatic imine (C=N–C) groups is 1. The van der Waals surface area contributed by atoms with Crippen molar-refractivity contribution in [1.29, 1.82) is 0 Å². The molecule has 1 unspecified atom stereocenters. The molecule has 2 fully saturated rings. The van der Waals surface area contributed by atoms with Gasteiger partial charge in [0.15, 0.2) is 11.1 Å². The number of rotatable bonds is 32. The molecule has 0 aromatic heterocycles. The van der Waals surface area contributed by atoms with Crippen molar-refractivity contribution in [2.75, 3.05) is 104 Å². The van der Waals surface area contributed by atoms with Crippen LogP contribution in [0.15, 0.2) is 29.3 Å². The van der Waals surface area contributed by atoms with Crippen LogP contribution >= 0.6 is 12.2 Å². The molecule has 2 aliphatic rings. The number of aliphatic carboxylic acids is 6. The summed E-state index contributed by atoms with van der Waals surface area (Å²) in [5.74, 6) is -13.5. The van der Waals surface area contributed by atoms with Gasteiger partial charge in [-0.05, 0) is 80.8 Å². The summed E-state index contributed by atoms with van der Waals surface area (Å²) in [6.45, 7) is 1.36. The second kappa shape index (κ2) is 38.5. The van der Waals surface area contributed by atoms with Gasteiger partial charge in [0, 0.05) is 90.3 Å². The number of carbonyl (C=O) groups is 11. The number of aliphatic hydroxyl groups excluding tert-OH is 1. The number of carboxylic acids is 6. The summed E-state index contributed by atoms with van der Waals surface area (Å²) >= 11 is 5.67. The molecule has 6 atom stereocenters. The van der Waals surface area contributed by atoms with Gasteiger partial charge in [-0.3, -0.25) is 58.2 Å². The normalized spacial score (nSPS) is 17.3. The Kier molecular flexibility index (Phi) is 33.8. The first-order valence-corrected chi connectivity index (χ1v) is 27.6. The van der Waals surface area contributed by atoms with Gasteiger partial charge in [0.05, 0.1) is 44.0 Å². The van der Waals surface area contributed by atoms with Crippen molar-refractivity contribution >= 4 is 94.3 Å². The van der Waals surface area contributed by atoms with E-state index in [1.165, 1.54) is 9.80 Å². The van der Waals surface area contributed by atoms with E-state index < -0.39 is 141 Å². The molecular weight excluding hydrogens is 1290 g/mol. The second-order valence-electron chi connectivity index (χ2n) is 20.6. The Morgan fingerprint density at radius 2 is 1.22 bits per heavy atom. The number of carbonyl (C=O) groups excluding carboxylic acids is 8. The van der Waals surface area contributed by atoms with E-state index in [1.807, 2.05) is 0 Å². The number of aryl methyl sites for hydroxylation is 1. The molecule has 2 heterocycles. The third kappa shape index (κ3) is 28.5. The first-order valence-electron chi connectivity index (χ1n) is 27.1. The predicted molar refractivity (Wildman–Crippen MR) is 295 cm³/mol. The summed E-state index contributed by atoms with van der Waals surface area (Å²) in [7, 11) is 0. The number of aliphatic hydroxyl groups is 1. The average Bonchev–Trinajstić information content (AvgIpc) is 4.19. The number of guanidine groups is 1. The molecule has 5 amide bonds. The van der Waals surface area contributed by atoms with Crippen molar-refractivity contribution < 1.29 is 128 Å². The van der Waals surface area contributed by atoms with Crippen LogP contribution < -0.4 is 58.7 Å². The first-order chi connectivity index (χ1) is 39.6. The zero-order valence-electron chi connectivity index (χ0n) is 47.2. The van der Waals surface area contributed by atoms with Gasteiger partial charge in [-0.1, -0.05) is 26.0 Å². The van der Waals surface area contributed by atoms with Gasteiger partial charge < -0.3 is 98.4 Å². The minimum Gasteiger partial charge on any atom is -0.549 e. The van der Waals surface area contributed by atoms with E-state index in [9.17, 15) is 88.5 Å². The maximum atomic E-state index is 13.5.